The molecule has 0 aliphatic carbocycles. The van der Waals surface area contributed by atoms with Crippen molar-refractivity contribution < 1.29 is 9.50 Å². The lowest BCUT2D eigenvalue weighted by Gasteiger charge is -2.08. The number of rotatable bonds is 8. The molecule has 2 nitrogen and oxygen atoms in total. The van der Waals surface area contributed by atoms with E-state index in [1.807, 2.05) is 0 Å². The average Bonchev–Trinajstić information content (AvgIpc) is 2.21. The van der Waals surface area contributed by atoms with Gasteiger partial charge in [-0.15, -0.1) is 0 Å². The van der Waals surface area contributed by atoms with Crippen molar-refractivity contribution in [1.82, 2.24) is 0 Å². The summed E-state index contributed by atoms with van der Waals surface area (Å²) < 4.78 is 12.5. The van der Waals surface area contributed by atoms with E-state index in [9.17, 15) is 4.39 Å². The van der Waals surface area contributed by atoms with Gasteiger partial charge in [0.05, 0.1) is 6.10 Å². The molecule has 2 atom stereocenters. The molecule has 0 aromatic rings. The van der Waals surface area contributed by atoms with Gasteiger partial charge in [0, 0.05) is 0 Å². The second kappa shape index (κ2) is 8.96. The fourth-order valence-electron chi connectivity index (χ4n) is 1.37. The molecule has 0 rings (SSSR count). The summed E-state index contributed by atoms with van der Waals surface area (Å²) in [5, 5.41) is 17.3. The van der Waals surface area contributed by atoms with Gasteiger partial charge in [-0.3, -0.25) is 0 Å². The van der Waals surface area contributed by atoms with E-state index in [2.05, 4.69) is 6.92 Å². The summed E-state index contributed by atoms with van der Waals surface area (Å²) >= 11 is 0. The largest absolute Gasteiger partial charge is 0.389 e. The Morgan fingerprint density at radius 1 is 1.21 bits per heavy atom. The Morgan fingerprint density at radius 2 is 1.79 bits per heavy atom. The Hall–Kier alpha value is -0.620. The highest BCUT2D eigenvalue weighted by Crippen LogP contribution is 2.11. The number of alkyl halides is 1. The topological polar surface area (TPSA) is 44.0 Å². The molecule has 0 aliphatic heterocycles. The smallest absolute Gasteiger partial charge is 0.211 e. The fraction of sp³-hybridized carbons (Fsp3) is 0.909. The molecule has 0 saturated heterocycles. The van der Waals surface area contributed by atoms with Gasteiger partial charge in [0.15, 0.2) is 0 Å². The Kier molecular flexibility index (Phi) is 8.56. The summed E-state index contributed by atoms with van der Waals surface area (Å²) in [6.07, 6.45) is 4.24. The molecule has 0 aliphatic rings. The third-order valence-corrected chi connectivity index (χ3v) is 2.31. The molecular formula is C11H20FNO. The van der Waals surface area contributed by atoms with Crippen molar-refractivity contribution in [3.05, 3.63) is 0 Å². The maximum atomic E-state index is 12.5. The van der Waals surface area contributed by atoms with Crippen LogP contribution in [0.15, 0.2) is 0 Å². The number of hydrogen-bond donors (Lipinski definition) is 1. The van der Waals surface area contributed by atoms with E-state index in [1.54, 1.807) is 0 Å². The van der Waals surface area contributed by atoms with Crippen LogP contribution in [0.5, 0.6) is 0 Å². The Labute approximate surface area is 85.7 Å². The van der Waals surface area contributed by atoms with Crippen molar-refractivity contribution in [1.29, 1.82) is 5.26 Å². The highest BCUT2D eigenvalue weighted by Gasteiger charge is 2.16. The standard InChI is InChI=1S/C11H20FNO/c1-2-3-4-5-6-7-8-11(14)10(12)9-13/h10-11,14H,2-8H2,1H3. The van der Waals surface area contributed by atoms with Crippen LogP contribution in [0, 0.1) is 11.3 Å². The maximum absolute atomic E-state index is 12.5. The van der Waals surface area contributed by atoms with Crippen molar-refractivity contribution in [2.45, 2.75) is 64.1 Å². The first kappa shape index (κ1) is 13.4. The summed E-state index contributed by atoms with van der Waals surface area (Å²) in [7, 11) is 0. The Morgan fingerprint density at radius 3 is 2.36 bits per heavy atom. The number of hydrogen-bond acceptors (Lipinski definition) is 2. The average molecular weight is 201 g/mol. The van der Waals surface area contributed by atoms with Gasteiger partial charge in [-0.05, 0) is 6.42 Å². The molecule has 0 spiro atoms. The first-order chi connectivity index (χ1) is 6.72. The Bertz CT molecular complexity index is 167. The van der Waals surface area contributed by atoms with Crippen LogP contribution < -0.4 is 0 Å². The molecule has 1 N–H and O–H groups in total. The molecule has 0 heterocycles. The number of nitrogens with zero attached hydrogens (tertiary/aromatic N) is 1. The van der Waals surface area contributed by atoms with Gasteiger partial charge in [-0.1, -0.05) is 45.4 Å². The van der Waals surface area contributed by atoms with Gasteiger partial charge in [0.25, 0.3) is 0 Å². The lowest BCUT2D eigenvalue weighted by atomic mass is 10.1. The molecular weight excluding hydrogens is 181 g/mol. The summed E-state index contributed by atoms with van der Waals surface area (Å²) in [6.45, 7) is 2.16. The third kappa shape index (κ3) is 6.85. The van der Waals surface area contributed by atoms with Crippen LogP contribution in [0.3, 0.4) is 0 Å². The van der Waals surface area contributed by atoms with Crippen molar-refractivity contribution in [2.75, 3.05) is 0 Å². The van der Waals surface area contributed by atoms with Gasteiger partial charge in [-0.2, -0.15) is 5.26 Å². The van der Waals surface area contributed by atoms with E-state index >= 15 is 0 Å². The second-order valence-corrected chi connectivity index (χ2v) is 3.65. The Balaban J connectivity index is 3.24. The molecule has 14 heavy (non-hydrogen) atoms. The lowest BCUT2D eigenvalue weighted by Crippen LogP contribution is -2.19. The second-order valence-electron chi connectivity index (χ2n) is 3.65. The van der Waals surface area contributed by atoms with Crippen LogP contribution in [0.25, 0.3) is 0 Å². The van der Waals surface area contributed by atoms with Crippen LogP contribution >= 0.6 is 0 Å². The van der Waals surface area contributed by atoms with E-state index in [-0.39, 0.29) is 0 Å². The monoisotopic (exact) mass is 201 g/mol. The molecule has 0 bridgehead atoms. The van der Waals surface area contributed by atoms with E-state index in [0.29, 0.717) is 6.42 Å². The highest BCUT2D eigenvalue weighted by molar-refractivity contribution is 4.88. The lowest BCUT2D eigenvalue weighted by molar-refractivity contribution is 0.0958. The van der Waals surface area contributed by atoms with Gasteiger partial charge in [-0.25, -0.2) is 4.39 Å². The quantitative estimate of drug-likeness (QED) is 0.613. The van der Waals surface area contributed by atoms with Crippen LogP contribution in [0.1, 0.15) is 51.9 Å². The minimum absolute atomic E-state index is 0.404. The first-order valence-corrected chi connectivity index (χ1v) is 5.44. The molecule has 0 aromatic carbocycles. The molecule has 0 saturated carbocycles. The third-order valence-electron chi connectivity index (χ3n) is 2.31. The van der Waals surface area contributed by atoms with E-state index in [1.165, 1.54) is 25.3 Å². The predicted octanol–water partition coefficient (Wildman–Crippen LogP) is 2.96. The minimum atomic E-state index is -1.72. The molecule has 0 radical (unpaired) electrons. The molecule has 0 amide bonds. The van der Waals surface area contributed by atoms with Crippen molar-refractivity contribution >= 4 is 0 Å². The van der Waals surface area contributed by atoms with Crippen molar-refractivity contribution in [3.63, 3.8) is 0 Å². The predicted molar refractivity (Wildman–Crippen MR) is 54.5 cm³/mol. The molecule has 3 heteroatoms. The summed E-state index contributed by atoms with van der Waals surface area (Å²) in [6, 6.07) is 1.41. The molecule has 82 valence electrons. The zero-order chi connectivity index (χ0) is 10.8. The zero-order valence-electron chi connectivity index (χ0n) is 8.88. The van der Waals surface area contributed by atoms with Gasteiger partial charge in [0.1, 0.15) is 6.07 Å². The minimum Gasteiger partial charge on any atom is -0.389 e. The van der Waals surface area contributed by atoms with Gasteiger partial charge < -0.3 is 5.11 Å². The van der Waals surface area contributed by atoms with Gasteiger partial charge in [0.2, 0.25) is 6.17 Å². The van der Waals surface area contributed by atoms with Crippen LogP contribution in [-0.4, -0.2) is 17.4 Å². The molecule has 0 fully saturated rings. The van der Waals surface area contributed by atoms with Gasteiger partial charge >= 0.3 is 0 Å². The highest BCUT2D eigenvalue weighted by atomic mass is 19.1. The summed E-state index contributed by atoms with van der Waals surface area (Å²) in [5.41, 5.74) is 0. The van der Waals surface area contributed by atoms with Crippen molar-refractivity contribution in [3.8, 4) is 6.07 Å². The van der Waals surface area contributed by atoms with E-state index < -0.39 is 12.3 Å². The number of unbranched alkanes of at least 4 members (excludes halogenated alkanes) is 5. The maximum Gasteiger partial charge on any atom is 0.211 e. The van der Waals surface area contributed by atoms with Crippen LogP contribution in [0.4, 0.5) is 4.39 Å². The number of halogens is 1. The molecule has 2 unspecified atom stereocenters. The summed E-state index contributed by atoms with van der Waals surface area (Å²) in [4.78, 5) is 0. The fourth-order valence-corrected chi connectivity index (χ4v) is 1.37. The van der Waals surface area contributed by atoms with Crippen LogP contribution in [0.2, 0.25) is 0 Å². The van der Waals surface area contributed by atoms with Crippen LogP contribution in [-0.2, 0) is 0 Å². The molecule has 0 aromatic heterocycles. The number of aliphatic hydroxyl groups excluding tert-OH is 1. The SMILES string of the molecule is CCCCCCCCC(O)C(F)C#N. The normalized spacial score (nSPS) is 14.7. The first-order valence-electron chi connectivity index (χ1n) is 5.44. The van der Waals surface area contributed by atoms with E-state index in [0.717, 1.165) is 19.3 Å². The number of nitriles is 1. The number of aliphatic hydroxyl groups is 1. The van der Waals surface area contributed by atoms with E-state index in [4.69, 9.17) is 10.4 Å². The van der Waals surface area contributed by atoms with Crippen molar-refractivity contribution in [2.24, 2.45) is 0 Å². The zero-order valence-corrected chi connectivity index (χ0v) is 8.88. The summed E-state index contributed by atoms with van der Waals surface area (Å²) in [5.74, 6) is 0.